The molecule has 0 radical (unpaired) electrons. The van der Waals surface area contributed by atoms with Gasteiger partial charge in [0.2, 0.25) is 5.52 Å². The summed E-state index contributed by atoms with van der Waals surface area (Å²) in [5.74, 6) is -0.148. The molecule has 12 nitrogen and oxygen atoms in total. The Balaban J connectivity index is 0.000000236. The Labute approximate surface area is 339 Å². The van der Waals surface area contributed by atoms with Crippen LogP contribution >= 0.6 is 0 Å². The molecule has 298 valence electrons. The first-order valence-electron chi connectivity index (χ1n) is 17.9. The van der Waals surface area contributed by atoms with E-state index in [4.69, 9.17) is 0 Å². The smallest absolute Gasteiger partial charge is 0.255 e. The first-order chi connectivity index (χ1) is 27.4. The van der Waals surface area contributed by atoms with Crippen molar-refractivity contribution in [2.45, 2.75) is 30.6 Å². The summed E-state index contributed by atoms with van der Waals surface area (Å²) in [6.07, 6.45) is 6.02. The van der Waals surface area contributed by atoms with E-state index in [-0.39, 0.29) is 15.7 Å². The van der Waals surface area contributed by atoms with Crippen LogP contribution in [0.1, 0.15) is 27.0 Å². The third-order valence-corrected chi connectivity index (χ3v) is 10.4. The number of hydrogen-bond acceptors (Lipinski definition) is 9. The molecule has 2 heterocycles. The molecular weight excluding hydrogens is 775 g/mol. The Hall–Kier alpha value is -6.45. The summed E-state index contributed by atoms with van der Waals surface area (Å²) in [6, 6.07) is 39.3. The molecule has 0 aliphatic carbocycles. The van der Waals surface area contributed by atoms with Crippen LogP contribution in [0.4, 0.5) is 28.4 Å². The van der Waals surface area contributed by atoms with Crippen LogP contribution < -0.4 is 25.1 Å². The van der Waals surface area contributed by atoms with Gasteiger partial charge in [-0.3, -0.25) is 4.79 Å². The topological polar surface area (TPSA) is 175 Å². The first-order valence-corrected chi connectivity index (χ1v) is 20.7. The lowest BCUT2D eigenvalue weighted by Crippen LogP contribution is -2.28. The van der Waals surface area contributed by atoms with Crippen molar-refractivity contribution in [3.63, 3.8) is 0 Å². The second kappa shape index (κ2) is 18.7. The number of carbonyl (C=O) groups excluding carboxylic acids is 1. The first kappa shape index (κ1) is 42.7. The molecule has 0 bridgehead atoms. The van der Waals surface area contributed by atoms with Crippen molar-refractivity contribution in [3.05, 3.63) is 174 Å². The summed E-state index contributed by atoms with van der Waals surface area (Å²) < 4.78 is 66.4. The van der Waals surface area contributed by atoms with Gasteiger partial charge in [-0.25, -0.2) is 26.0 Å². The van der Waals surface area contributed by atoms with Crippen LogP contribution in [-0.4, -0.2) is 31.8 Å². The maximum Gasteiger partial charge on any atom is 0.255 e. The van der Waals surface area contributed by atoms with Gasteiger partial charge in [0.1, 0.15) is 34.3 Å². The second-order valence-electron chi connectivity index (χ2n) is 13.5. The average Bonchev–Trinajstić information content (AvgIpc) is 3.18. The Morgan fingerprint density at radius 1 is 0.517 bits per heavy atom. The van der Waals surface area contributed by atoms with E-state index < -0.39 is 20.2 Å². The van der Waals surface area contributed by atoms with Crippen LogP contribution in [0.15, 0.2) is 162 Å². The summed E-state index contributed by atoms with van der Waals surface area (Å²) >= 11 is 0. The predicted octanol–water partition coefficient (Wildman–Crippen LogP) is 7.33. The molecule has 2 aromatic heterocycles. The fourth-order valence-corrected chi connectivity index (χ4v) is 6.44. The second-order valence-corrected chi connectivity index (χ2v) is 16.3. The minimum Gasteiger partial charge on any atom is -0.744 e. The maximum atomic E-state index is 12.8. The van der Waals surface area contributed by atoms with Crippen molar-refractivity contribution >= 4 is 65.5 Å². The molecule has 0 aliphatic heterocycles. The lowest BCUT2D eigenvalue weighted by Gasteiger charge is -2.11. The molecule has 0 saturated heterocycles. The zero-order chi connectivity index (χ0) is 42.0. The van der Waals surface area contributed by atoms with Crippen LogP contribution in [0.3, 0.4) is 0 Å². The predicted molar refractivity (Wildman–Crippen MR) is 223 cm³/mol. The third-order valence-electron chi connectivity index (χ3n) is 8.74. The SMILES string of the molecule is Cc1ccc(S(=O)(=O)[O-])cc1.Cc1ccc(S(=O)(=O)[O-])cc1.Cc1ccc2c(c1)c(Nc1ccc(C(=O)Nc3ccc(Nc4cc[n+](C)cc4)cc3)cc1)cc[n+]2C. The number of fused-ring (bicyclic) bond motifs is 1. The van der Waals surface area contributed by atoms with E-state index in [1.807, 2.05) is 112 Å². The van der Waals surface area contributed by atoms with Gasteiger partial charge in [-0.1, -0.05) is 41.5 Å². The summed E-state index contributed by atoms with van der Waals surface area (Å²) in [5.41, 5.74) is 9.47. The van der Waals surface area contributed by atoms with E-state index >= 15 is 0 Å². The number of pyridine rings is 2. The fourth-order valence-electron chi connectivity index (χ4n) is 5.50. The van der Waals surface area contributed by atoms with Crippen molar-refractivity contribution in [3.8, 4) is 0 Å². The number of amides is 1. The number of anilines is 5. The van der Waals surface area contributed by atoms with Gasteiger partial charge in [-0.2, -0.15) is 0 Å². The highest BCUT2D eigenvalue weighted by atomic mass is 32.2. The van der Waals surface area contributed by atoms with Crippen LogP contribution in [0, 0.1) is 20.8 Å². The molecule has 0 saturated carbocycles. The molecule has 7 aromatic rings. The van der Waals surface area contributed by atoms with Crippen molar-refractivity contribution < 1.29 is 39.9 Å². The highest BCUT2D eigenvalue weighted by Gasteiger charge is 2.11. The van der Waals surface area contributed by atoms with Crippen molar-refractivity contribution in [2.75, 3.05) is 16.0 Å². The summed E-state index contributed by atoms with van der Waals surface area (Å²) in [6.45, 7) is 5.74. The van der Waals surface area contributed by atoms with Gasteiger partial charge < -0.3 is 25.1 Å². The molecule has 0 atom stereocenters. The van der Waals surface area contributed by atoms with E-state index in [1.54, 1.807) is 24.3 Å². The minimum atomic E-state index is -4.27. The molecule has 58 heavy (non-hydrogen) atoms. The molecule has 7 rings (SSSR count). The standard InChI is InChI=1S/C30H27N5O.2C7H8O3S/c1-21-4-13-29-27(20-21)28(16-19-35(29)3)32-24-7-5-22(6-8-24)30(36)33-25-11-9-23(10-12-25)31-26-14-17-34(2)18-15-26;2*1-6-2-4-7(5-3-6)11(8,9)10/h4-20H,1-3H3,(H,33,36);2*2-5H,1H3,(H,8,9,10). The Bertz CT molecular complexity index is 2650. The molecule has 0 fully saturated rings. The normalized spacial score (nSPS) is 11.0. The molecule has 14 heteroatoms. The van der Waals surface area contributed by atoms with E-state index in [0.717, 1.165) is 50.5 Å². The maximum absolute atomic E-state index is 12.8. The van der Waals surface area contributed by atoms with E-state index in [0.29, 0.717) is 5.56 Å². The molecule has 1 amide bonds. The number of hydrogen-bond donors (Lipinski definition) is 3. The number of aryl methyl sites for hydroxylation is 5. The molecule has 0 spiro atoms. The molecule has 5 aromatic carbocycles. The lowest BCUT2D eigenvalue weighted by atomic mass is 10.1. The van der Waals surface area contributed by atoms with Gasteiger partial charge >= 0.3 is 0 Å². The Morgan fingerprint density at radius 2 is 0.966 bits per heavy atom. The van der Waals surface area contributed by atoms with Crippen LogP contribution in [0.5, 0.6) is 0 Å². The van der Waals surface area contributed by atoms with Crippen LogP contribution in [-0.2, 0) is 34.3 Å². The number of nitrogens with zero attached hydrogens (tertiary/aromatic N) is 2. The minimum absolute atomic E-state index is 0.148. The summed E-state index contributed by atoms with van der Waals surface area (Å²) in [4.78, 5) is 12.4. The van der Waals surface area contributed by atoms with Crippen molar-refractivity contribution in [1.82, 2.24) is 0 Å². The van der Waals surface area contributed by atoms with Gasteiger partial charge in [0.05, 0.1) is 26.6 Å². The number of nitrogens with one attached hydrogen (secondary N) is 3. The van der Waals surface area contributed by atoms with E-state index in [9.17, 15) is 30.7 Å². The zero-order valence-electron chi connectivity index (χ0n) is 32.5. The Kier molecular flexibility index (Phi) is 13.7. The molecule has 3 N–H and O–H groups in total. The molecular formula is C44H43N5O7S2. The monoisotopic (exact) mass is 817 g/mol. The number of aromatic nitrogens is 2. The number of benzene rings is 5. The Morgan fingerprint density at radius 3 is 1.48 bits per heavy atom. The van der Waals surface area contributed by atoms with Crippen molar-refractivity contribution in [1.29, 1.82) is 0 Å². The van der Waals surface area contributed by atoms with Gasteiger partial charge in [0.15, 0.2) is 18.6 Å². The van der Waals surface area contributed by atoms with Crippen LogP contribution in [0.2, 0.25) is 0 Å². The van der Waals surface area contributed by atoms with Gasteiger partial charge in [-0.15, -0.1) is 0 Å². The summed E-state index contributed by atoms with van der Waals surface area (Å²) in [7, 11) is -4.51. The van der Waals surface area contributed by atoms with Gasteiger partial charge in [0, 0.05) is 46.9 Å². The summed E-state index contributed by atoms with van der Waals surface area (Å²) in [5, 5.41) is 11.0. The van der Waals surface area contributed by atoms with E-state index in [1.165, 1.54) is 29.8 Å². The van der Waals surface area contributed by atoms with E-state index in [2.05, 4.69) is 51.7 Å². The lowest BCUT2D eigenvalue weighted by molar-refractivity contribution is -0.671. The average molecular weight is 818 g/mol. The number of carbonyl (C=O) groups is 1. The molecule has 0 unspecified atom stereocenters. The quantitative estimate of drug-likeness (QED) is 0.105. The van der Waals surface area contributed by atoms with Crippen LogP contribution in [0.25, 0.3) is 10.9 Å². The highest BCUT2D eigenvalue weighted by molar-refractivity contribution is 7.86. The fraction of sp³-hybridized carbons (Fsp3) is 0.114. The third kappa shape index (κ3) is 12.3. The largest absolute Gasteiger partial charge is 0.744 e. The zero-order valence-corrected chi connectivity index (χ0v) is 34.1. The number of rotatable bonds is 8. The van der Waals surface area contributed by atoms with Gasteiger partial charge in [-0.05, 0) is 105 Å². The van der Waals surface area contributed by atoms with Crippen molar-refractivity contribution in [2.24, 2.45) is 14.1 Å². The highest BCUT2D eigenvalue weighted by Crippen LogP contribution is 2.26. The molecule has 0 aliphatic rings. The van der Waals surface area contributed by atoms with Gasteiger partial charge in [0.25, 0.3) is 5.91 Å².